The van der Waals surface area contributed by atoms with Crippen LogP contribution in [0.3, 0.4) is 0 Å². The molecule has 0 saturated heterocycles. The van der Waals surface area contributed by atoms with E-state index in [9.17, 15) is 9.90 Å². The number of aromatic hydroxyl groups is 1. The molecule has 3 nitrogen and oxygen atoms in total. The second-order valence-electron chi connectivity index (χ2n) is 4.50. The molecule has 106 valence electrons. The van der Waals surface area contributed by atoms with Gasteiger partial charge >= 0.3 is 0 Å². The number of rotatable bonds is 4. The zero-order valence-electron chi connectivity index (χ0n) is 11.3. The maximum Gasteiger partial charge on any atom is 0.255 e. The van der Waals surface area contributed by atoms with Crippen molar-refractivity contribution in [2.45, 2.75) is 19.9 Å². The summed E-state index contributed by atoms with van der Waals surface area (Å²) in [6, 6.07) is 8.79. The van der Waals surface area contributed by atoms with E-state index in [0.29, 0.717) is 12.1 Å². The fraction of sp³-hybridized carbons (Fsp3) is 0.267. The molecular weight excluding hydrogens is 338 g/mol. The monoisotopic (exact) mass is 353 g/mol. The molecule has 1 unspecified atom stereocenters. The second-order valence-corrected chi connectivity index (χ2v) is 6.79. The Morgan fingerprint density at radius 3 is 2.75 bits per heavy atom. The summed E-state index contributed by atoms with van der Waals surface area (Å²) >= 11 is 4.88. The highest BCUT2D eigenvalue weighted by Gasteiger charge is 2.22. The maximum atomic E-state index is 12.5. The summed E-state index contributed by atoms with van der Waals surface area (Å²) in [4.78, 5) is 14.3. The van der Waals surface area contributed by atoms with E-state index in [2.05, 4.69) is 15.9 Å². The van der Waals surface area contributed by atoms with Gasteiger partial charge < -0.3 is 10.0 Å². The molecule has 1 aromatic carbocycles. The van der Waals surface area contributed by atoms with Gasteiger partial charge in [0.1, 0.15) is 5.75 Å². The summed E-state index contributed by atoms with van der Waals surface area (Å²) in [5, 5.41) is 11.4. The standard InChI is InChI=1S/C15H16BrNO2S/c1-3-17(15(19)12-8-14(16)20-9-12)10(2)11-5-4-6-13(18)7-11/h4-10,18H,3H2,1-2H3. The lowest BCUT2D eigenvalue weighted by Crippen LogP contribution is -2.33. The second kappa shape index (κ2) is 6.41. The van der Waals surface area contributed by atoms with Crippen LogP contribution in [0.15, 0.2) is 39.5 Å². The van der Waals surface area contributed by atoms with Gasteiger partial charge in [0.05, 0.1) is 15.4 Å². The average Bonchev–Trinajstić information content (AvgIpc) is 2.86. The van der Waals surface area contributed by atoms with Crippen LogP contribution in [0.1, 0.15) is 35.8 Å². The van der Waals surface area contributed by atoms with E-state index in [-0.39, 0.29) is 17.7 Å². The van der Waals surface area contributed by atoms with E-state index in [1.807, 2.05) is 31.4 Å². The number of benzene rings is 1. The molecule has 0 saturated carbocycles. The Kier molecular flexibility index (Phi) is 4.83. The van der Waals surface area contributed by atoms with Crippen LogP contribution < -0.4 is 0 Å². The molecule has 5 heteroatoms. The lowest BCUT2D eigenvalue weighted by Gasteiger charge is -2.28. The highest BCUT2D eigenvalue weighted by molar-refractivity contribution is 9.11. The summed E-state index contributed by atoms with van der Waals surface area (Å²) < 4.78 is 0.946. The van der Waals surface area contributed by atoms with Gasteiger partial charge in [-0.15, -0.1) is 11.3 Å². The van der Waals surface area contributed by atoms with E-state index in [1.165, 1.54) is 11.3 Å². The molecule has 1 aromatic heterocycles. The molecular formula is C15H16BrNO2S. The van der Waals surface area contributed by atoms with Crippen LogP contribution in [0.4, 0.5) is 0 Å². The van der Waals surface area contributed by atoms with Gasteiger partial charge in [0.2, 0.25) is 0 Å². The zero-order valence-corrected chi connectivity index (χ0v) is 13.7. The molecule has 2 rings (SSSR count). The van der Waals surface area contributed by atoms with Gasteiger partial charge in [0, 0.05) is 11.9 Å². The van der Waals surface area contributed by atoms with Gasteiger partial charge in [-0.3, -0.25) is 4.79 Å². The Labute approximate surface area is 131 Å². The first-order valence-electron chi connectivity index (χ1n) is 6.37. The number of carbonyl (C=O) groups is 1. The first kappa shape index (κ1) is 15.1. The third-order valence-electron chi connectivity index (χ3n) is 3.24. The lowest BCUT2D eigenvalue weighted by atomic mass is 10.1. The molecule has 2 aromatic rings. The van der Waals surface area contributed by atoms with E-state index < -0.39 is 0 Å². The van der Waals surface area contributed by atoms with Crippen LogP contribution in [0.5, 0.6) is 5.75 Å². The van der Waals surface area contributed by atoms with Gasteiger partial charge in [-0.2, -0.15) is 0 Å². The average molecular weight is 354 g/mol. The van der Waals surface area contributed by atoms with Crippen LogP contribution >= 0.6 is 27.3 Å². The summed E-state index contributed by atoms with van der Waals surface area (Å²) in [7, 11) is 0. The van der Waals surface area contributed by atoms with Crippen LogP contribution in [-0.2, 0) is 0 Å². The van der Waals surface area contributed by atoms with Gasteiger partial charge in [-0.1, -0.05) is 12.1 Å². The molecule has 1 atom stereocenters. The lowest BCUT2D eigenvalue weighted by molar-refractivity contribution is 0.0702. The van der Waals surface area contributed by atoms with Crippen molar-refractivity contribution in [3.63, 3.8) is 0 Å². The Balaban J connectivity index is 2.25. The molecule has 1 N–H and O–H groups in total. The third-order valence-corrected chi connectivity index (χ3v) is 4.74. The van der Waals surface area contributed by atoms with Crippen LogP contribution in [-0.4, -0.2) is 22.5 Å². The van der Waals surface area contributed by atoms with Gasteiger partial charge in [0.15, 0.2) is 0 Å². The molecule has 0 spiro atoms. The van der Waals surface area contributed by atoms with Crippen LogP contribution in [0, 0.1) is 0 Å². The number of thiophene rings is 1. The number of phenols is 1. The summed E-state index contributed by atoms with van der Waals surface area (Å²) in [6.45, 7) is 4.54. The molecule has 0 aliphatic rings. The number of nitrogens with zero attached hydrogens (tertiary/aromatic N) is 1. The SMILES string of the molecule is CCN(C(=O)c1csc(Br)c1)C(C)c1cccc(O)c1. The molecule has 0 bridgehead atoms. The normalized spacial score (nSPS) is 12.2. The van der Waals surface area contributed by atoms with Crippen molar-refractivity contribution in [2.75, 3.05) is 6.54 Å². The minimum absolute atomic E-state index is 0.00490. The Morgan fingerprint density at radius 2 is 2.20 bits per heavy atom. The first-order valence-corrected chi connectivity index (χ1v) is 8.04. The van der Waals surface area contributed by atoms with Crippen molar-refractivity contribution >= 4 is 33.2 Å². The number of hydrogen-bond acceptors (Lipinski definition) is 3. The predicted molar refractivity (Wildman–Crippen MR) is 85.3 cm³/mol. The van der Waals surface area contributed by atoms with Crippen molar-refractivity contribution in [1.29, 1.82) is 0 Å². The van der Waals surface area contributed by atoms with E-state index >= 15 is 0 Å². The summed E-state index contributed by atoms with van der Waals surface area (Å²) in [5.41, 5.74) is 1.62. The first-order chi connectivity index (χ1) is 9.52. The van der Waals surface area contributed by atoms with E-state index in [1.54, 1.807) is 23.1 Å². The third kappa shape index (κ3) is 3.22. The van der Waals surface area contributed by atoms with Crippen LogP contribution in [0.2, 0.25) is 0 Å². The van der Waals surface area contributed by atoms with Crippen molar-refractivity contribution < 1.29 is 9.90 Å². The maximum absolute atomic E-state index is 12.5. The summed E-state index contributed by atoms with van der Waals surface area (Å²) in [5.74, 6) is 0.224. The number of hydrogen-bond donors (Lipinski definition) is 1. The number of amides is 1. The van der Waals surface area contributed by atoms with Crippen molar-refractivity contribution in [1.82, 2.24) is 4.90 Å². The van der Waals surface area contributed by atoms with Crippen LogP contribution in [0.25, 0.3) is 0 Å². The molecule has 0 aliphatic carbocycles. The smallest absolute Gasteiger partial charge is 0.255 e. The highest BCUT2D eigenvalue weighted by atomic mass is 79.9. The minimum atomic E-state index is -0.0849. The summed E-state index contributed by atoms with van der Waals surface area (Å²) in [6.07, 6.45) is 0. The Bertz CT molecular complexity index is 611. The van der Waals surface area contributed by atoms with Crippen molar-refractivity contribution in [3.8, 4) is 5.75 Å². The van der Waals surface area contributed by atoms with Gasteiger partial charge in [-0.05, 0) is 53.5 Å². The predicted octanol–water partition coefficient (Wildman–Crippen LogP) is 4.44. The number of halogens is 1. The van der Waals surface area contributed by atoms with Crippen molar-refractivity contribution in [3.05, 3.63) is 50.6 Å². The van der Waals surface area contributed by atoms with E-state index in [4.69, 9.17) is 0 Å². The molecule has 20 heavy (non-hydrogen) atoms. The highest BCUT2D eigenvalue weighted by Crippen LogP contribution is 2.27. The zero-order chi connectivity index (χ0) is 14.7. The Hall–Kier alpha value is -1.33. The fourth-order valence-corrected chi connectivity index (χ4v) is 3.28. The Morgan fingerprint density at radius 1 is 1.45 bits per heavy atom. The molecule has 0 fully saturated rings. The largest absolute Gasteiger partial charge is 0.508 e. The van der Waals surface area contributed by atoms with Crippen molar-refractivity contribution in [2.24, 2.45) is 0 Å². The molecule has 1 heterocycles. The van der Waals surface area contributed by atoms with E-state index in [0.717, 1.165) is 9.35 Å². The van der Waals surface area contributed by atoms with Gasteiger partial charge in [-0.25, -0.2) is 0 Å². The topological polar surface area (TPSA) is 40.5 Å². The molecule has 0 radical (unpaired) electrons. The quantitative estimate of drug-likeness (QED) is 0.882. The molecule has 0 aliphatic heterocycles. The number of phenolic OH excluding ortho intramolecular Hbond substituents is 1. The molecule has 1 amide bonds. The van der Waals surface area contributed by atoms with Gasteiger partial charge in [0.25, 0.3) is 5.91 Å². The minimum Gasteiger partial charge on any atom is -0.508 e. The number of carbonyl (C=O) groups excluding carboxylic acids is 1. The fourth-order valence-electron chi connectivity index (χ4n) is 2.15.